The average Bonchev–Trinajstić information content (AvgIpc) is 2.35. The Balaban J connectivity index is 2.23. The Kier molecular flexibility index (Phi) is 6.07. The van der Waals surface area contributed by atoms with E-state index in [1.165, 1.54) is 0 Å². The first-order valence-electron chi connectivity index (χ1n) is 5.69. The lowest BCUT2D eigenvalue weighted by molar-refractivity contribution is 0.138. The molecule has 1 aromatic heterocycles. The number of nitrogens with zero attached hydrogens (tertiary/aromatic N) is 1. The van der Waals surface area contributed by atoms with Crippen molar-refractivity contribution in [1.82, 2.24) is 15.6 Å². The van der Waals surface area contributed by atoms with Crippen LogP contribution in [0.2, 0.25) is 0 Å². The van der Waals surface area contributed by atoms with Crippen LogP contribution >= 0.6 is 12.2 Å². The van der Waals surface area contributed by atoms with E-state index in [2.05, 4.69) is 15.6 Å². The van der Waals surface area contributed by atoms with Crippen molar-refractivity contribution in [3.05, 3.63) is 30.1 Å². The largest absolute Gasteiger partial charge is 0.449 e. The molecule has 1 rings (SSSR count). The van der Waals surface area contributed by atoms with E-state index >= 15 is 0 Å². The molecule has 5 nitrogen and oxygen atoms in total. The Labute approximate surface area is 112 Å². The number of thiocarbonyl (C=S) groups is 1. The van der Waals surface area contributed by atoms with E-state index in [0.717, 1.165) is 5.69 Å². The number of aromatic nitrogens is 1. The predicted molar refractivity (Wildman–Crippen MR) is 73.0 cm³/mol. The molecule has 0 unspecified atom stereocenters. The van der Waals surface area contributed by atoms with Crippen LogP contribution in [0.25, 0.3) is 0 Å². The molecule has 0 bridgehead atoms. The van der Waals surface area contributed by atoms with Gasteiger partial charge in [0.25, 0.3) is 0 Å². The zero-order valence-electron chi connectivity index (χ0n) is 10.5. The van der Waals surface area contributed by atoms with Gasteiger partial charge in [0.1, 0.15) is 0 Å². The number of ether oxygens (including phenoxy) is 1. The van der Waals surface area contributed by atoms with Crippen molar-refractivity contribution in [3.63, 3.8) is 0 Å². The van der Waals surface area contributed by atoms with Crippen molar-refractivity contribution < 1.29 is 9.53 Å². The molecule has 6 heteroatoms. The molecule has 0 fully saturated rings. The fourth-order valence-corrected chi connectivity index (χ4v) is 1.24. The number of amides is 1. The molecule has 98 valence electrons. The van der Waals surface area contributed by atoms with Crippen LogP contribution in [0.5, 0.6) is 0 Å². The van der Waals surface area contributed by atoms with Gasteiger partial charge in [-0.25, -0.2) is 4.79 Å². The summed E-state index contributed by atoms with van der Waals surface area (Å²) in [5.41, 5.74) is 0.845. The lowest BCUT2D eigenvalue weighted by atomic mass is 10.2. The summed E-state index contributed by atoms with van der Waals surface area (Å²) in [6, 6.07) is 5.59. The minimum atomic E-state index is -0.540. The van der Waals surface area contributed by atoms with E-state index in [9.17, 15) is 4.79 Å². The van der Waals surface area contributed by atoms with Gasteiger partial charge >= 0.3 is 6.09 Å². The molecule has 0 saturated heterocycles. The number of hydrogen-bond donors (Lipinski definition) is 2. The van der Waals surface area contributed by atoms with Gasteiger partial charge in [-0.3, -0.25) is 10.3 Å². The van der Waals surface area contributed by atoms with E-state index in [4.69, 9.17) is 17.0 Å². The van der Waals surface area contributed by atoms with Crippen LogP contribution in [0.4, 0.5) is 4.79 Å². The van der Waals surface area contributed by atoms with E-state index in [0.29, 0.717) is 19.1 Å². The molecule has 1 amide bonds. The van der Waals surface area contributed by atoms with E-state index < -0.39 is 6.09 Å². The van der Waals surface area contributed by atoms with Gasteiger partial charge in [-0.15, -0.1) is 0 Å². The second-order valence-electron chi connectivity index (χ2n) is 4.12. The molecule has 18 heavy (non-hydrogen) atoms. The Morgan fingerprint density at radius 1 is 1.50 bits per heavy atom. The topological polar surface area (TPSA) is 63.2 Å². The number of carbonyl (C=O) groups is 1. The van der Waals surface area contributed by atoms with Gasteiger partial charge in [-0.05, 0) is 30.3 Å². The first kappa shape index (κ1) is 14.4. The summed E-state index contributed by atoms with van der Waals surface area (Å²) >= 11 is 4.96. The molecule has 0 saturated carbocycles. The fraction of sp³-hybridized carbons (Fsp3) is 0.417. The molecule has 1 aromatic rings. The Morgan fingerprint density at radius 2 is 2.28 bits per heavy atom. The van der Waals surface area contributed by atoms with E-state index in [1.54, 1.807) is 6.20 Å². The van der Waals surface area contributed by atoms with Gasteiger partial charge in [0.15, 0.2) is 5.11 Å². The molecule has 0 spiro atoms. The highest BCUT2D eigenvalue weighted by Crippen LogP contribution is 1.93. The van der Waals surface area contributed by atoms with Crippen LogP contribution in [0, 0.1) is 5.92 Å². The van der Waals surface area contributed by atoms with Gasteiger partial charge in [0, 0.05) is 6.20 Å². The van der Waals surface area contributed by atoms with Gasteiger partial charge in [-0.1, -0.05) is 19.9 Å². The Hall–Kier alpha value is -1.69. The number of carbonyl (C=O) groups excluding carboxylic acids is 1. The molecule has 0 atom stereocenters. The lowest BCUT2D eigenvalue weighted by Gasteiger charge is -2.10. The number of nitrogens with one attached hydrogen (secondary N) is 2. The van der Waals surface area contributed by atoms with Crippen molar-refractivity contribution in [2.75, 3.05) is 6.61 Å². The molecule has 0 aromatic carbocycles. The van der Waals surface area contributed by atoms with E-state index in [1.807, 2.05) is 32.0 Å². The monoisotopic (exact) mass is 267 g/mol. The van der Waals surface area contributed by atoms with Crippen LogP contribution in [0.1, 0.15) is 19.5 Å². The van der Waals surface area contributed by atoms with Gasteiger partial charge in [-0.2, -0.15) is 0 Å². The molecule has 0 aliphatic carbocycles. The minimum Gasteiger partial charge on any atom is -0.449 e. The summed E-state index contributed by atoms with van der Waals surface area (Å²) in [7, 11) is 0. The van der Waals surface area contributed by atoms with Crippen LogP contribution in [-0.2, 0) is 11.3 Å². The summed E-state index contributed by atoms with van der Waals surface area (Å²) in [5.74, 6) is 0.297. The van der Waals surface area contributed by atoms with Crippen LogP contribution in [0.3, 0.4) is 0 Å². The summed E-state index contributed by atoms with van der Waals surface area (Å²) < 4.78 is 4.93. The van der Waals surface area contributed by atoms with Crippen LogP contribution < -0.4 is 10.6 Å². The predicted octanol–water partition coefficient (Wildman–Crippen LogP) is 1.84. The van der Waals surface area contributed by atoms with Crippen LogP contribution in [0.15, 0.2) is 24.4 Å². The first-order valence-corrected chi connectivity index (χ1v) is 6.10. The van der Waals surface area contributed by atoms with Crippen molar-refractivity contribution in [3.8, 4) is 0 Å². The maximum Gasteiger partial charge on any atom is 0.413 e. The quantitative estimate of drug-likeness (QED) is 0.815. The van der Waals surface area contributed by atoms with Gasteiger partial charge < -0.3 is 10.1 Å². The fourth-order valence-electron chi connectivity index (χ4n) is 1.09. The van der Waals surface area contributed by atoms with Crippen molar-refractivity contribution in [2.45, 2.75) is 20.4 Å². The maximum atomic E-state index is 11.3. The third-order valence-electron chi connectivity index (χ3n) is 1.92. The Bertz CT molecular complexity index is 396. The first-order chi connectivity index (χ1) is 8.58. The average molecular weight is 267 g/mol. The lowest BCUT2D eigenvalue weighted by Crippen LogP contribution is -2.39. The number of alkyl carbamates (subject to hydrolysis) is 1. The van der Waals surface area contributed by atoms with Crippen molar-refractivity contribution in [1.29, 1.82) is 0 Å². The summed E-state index contributed by atoms with van der Waals surface area (Å²) in [6.45, 7) is 4.76. The highest BCUT2D eigenvalue weighted by Gasteiger charge is 2.06. The number of rotatable bonds is 4. The highest BCUT2D eigenvalue weighted by atomic mass is 32.1. The molecule has 0 aliphatic heterocycles. The van der Waals surface area contributed by atoms with Crippen LogP contribution in [-0.4, -0.2) is 22.8 Å². The molecule has 2 N–H and O–H groups in total. The summed E-state index contributed by atoms with van der Waals surface area (Å²) in [5, 5.41) is 5.54. The Morgan fingerprint density at radius 3 is 2.89 bits per heavy atom. The molecule has 0 radical (unpaired) electrons. The number of pyridine rings is 1. The smallest absolute Gasteiger partial charge is 0.413 e. The zero-order chi connectivity index (χ0) is 13.4. The standard InChI is InChI=1S/C12H17N3O2S/c1-9(2)8-17-12(16)15-11(18)14-7-10-5-3-4-6-13-10/h3-6,9H,7-8H2,1-2H3,(H2,14,15,16,18). The molecular weight excluding hydrogens is 250 g/mol. The molecular formula is C12H17N3O2S. The minimum absolute atomic E-state index is 0.231. The normalized spacial score (nSPS) is 9.94. The van der Waals surface area contributed by atoms with E-state index in [-0.39, 0.29) is 5.11 Å². The third-order valence-corrected chi connectivity index (χ3v) is 2.17. The molecule has 1 heterocycles. The van der Waals surface area contributed by atoms with Gasteiger partial charge in [0.05, 0.1) is 18.8 Å². The maximum absolute atomic E-state index is 11.3. The highest BCUT2D eigenvalue weighted by molar-refractivity contribution is 7.80. The number of hydrogen-bond acceptors (Lipinski definition) is 4. The van der Waals surface area contributed by atoms with Gasteiger partial charge in [0.2, 0.25) is 0 Å². The van der Waals surface area contributed by atoms with Crippen molar-refractivity contribution in [2.24, 2.45) is 5.92 Å². The second-order valence-corrected chi connectivity index (χ2v) is 4.53. The third kappa shape index (κ3) is 6.15. The zero-order valence-corrected chi connectivity index (χ0v) is 11.3. The van der Waals surface area contributed by atoms with Crippen molar-refractivity contribution >= 4 is 23.4 Å². The summed E-state index contributed by atoms with van der Waals surface area (Å²) in [4.78, 5) is 15.4. The SMILES string of the molecule is CC(C)COC(=O)NC(=S)NCc1ccccn1. The summed E-state index contributed by atoms with van der Waals surface area (Å²) in [6.07, 6.45) is 1.16. The second kappa shape index (κ2) is 7.60. The molecule has 0 aliphatic rings.